The van der Waals surface area contributed by atoms with Crippen molar-refractivity contribution in [3.8, 4) is 6.07 Å². The molecule has 1 aromatic heterocycles. The van der Waals surface area contributed by atoms with Crippen molar-refractivity contribution in [3.63, 3.8) is 0 Å². The van der Waals surface area contributed by atoms with Crippen LogP contribution in [0.3, 0.4) is 0 Å². The van der Waals surface area contributed by atoms with Crippen molar-refractivity contribution in [2.75, 3.05) is 5.73 Å². The molecule has 2 aromatic rings. The van der Waals surface area contributed by atoms with Crippen molar-refractivity contribution in [3.05, 3.63) is 53.2 Å². The Hall–Kier alpha value is -1.99. The van der Waals surface area contributed by atoms with E-state index in [1.165, 1.54) is 11.1 Å². The molecule has 0 saturated carbocycles. The van der Waals surface area contributed by atoms with Gasteiger partial charge in [-0.25, -0.2) is 4.98 Å². The van der Waals surface area contributed by atoms with Crippen LogP contribution in [-0.4, -0.2) is 4.98 Å². The Morgan fingerprint density at radius 1 is 1.39 bits per heavy atom. The quantitative estimate of drug-likeness (QED) is 0.856. The maximum absolute atomic E-state index is 9.04. The van der Waals surface area contributed by atoms with Crippen LogP contribution in [-0.2, 0) is 5.75 Å². The maximum atomic E-state index is 9.04. The summed E-state index contributed by atoms with van der Waals surface area (Å²) in [6.07, 6.45) is 1.58. The van der Waals surface area contributed by atoms with Gasteiger partial charge in [-0.2, -0.15) is 5.26 Å². The summed E-state index contributed by atoms with van der Waals surface area (Å²) in [5.41, 5.74) is 9.17. The molecule has 0 atom stereocenters. The summed E-state index contributed by atoms with van der Waals surface area (Å²) in [7, 11) is 0. The zero-order valence-corrected chi connectivity index (χ0v) is 10.9. The Labute approximate surface area is 111 Å². The second kappa shape index (κ2) is 5.56. The minimum atomic E-state index is 0.520. The molecular formula is C14H13N3S. The molecule has 0 radical (unpaired) electrons. The van der Waals surface area contributed by atoms with Crippen LogP contribution in [0, 0.1) is 18.3 Å². The summed E-state index contributed by atoms with van der Waals surface area (Å²) in [4.78, 5) is 4.21. The van der Waals surface area contributed by atoms with Gasteiger partial charge in [-0.1, -0.05) is 24.3 Å². The van der Waals surface area contributed by atoms with E-state index in [2.05, 4.69) is 30.1 Å². The Morgan fingerprint density at radius 2 is 2.17 bits per heavy atom. The first-order valence-electron chi connectivity index (χ1n) is 5.53. The van der Waals surface area contributed by atoms with E-state index in [9.17, 15) is 0 Å². The third kappa shape index (κ3) is 2.82. The van der Waals surface area contributed by atoms with Crippen molar-refractivity contribution < 1.29 is 0 Å². The molecule has 18 heavy (non-hydrogen) atoms. The predicted octanol–water partition coefficient (Wildman–Crippen LogP) is 3.14. The van der Waals surface area contributed by atoms with E-state index in [0.717, 1.165) is 10.8 Å². The molecule has 1 heterocycles. The van der Waals surface area contributed by atoms with Crippen LogP contribution >= 0.6 is 11.8 Å². The van der Waals surface area contributed by atoms with E-state index < -0.39 is 0 Å². The van der Waals surface area contributed by atoms with Gasteiger partial charge in [0, 0.05) is 5.75 Å². The SMILES string of the molecule is Cc1ccccc1CSc1ncc(N)cc1C#N. The highest BCUT2D eigenvalue weighted by Gasteiger charge is 2.06. The third-order valence-corrected chi connectivity index (χ3v) is 3.67. The smallest absolute Gasteiger partial charge is 0.114 e. The lowest BCUT2D eigenvalue weighted by Crippen LogP contribution is -1.93. The van der Waals surface area contributed by atoms with E-state index >= 15 is 0 Å². The summed E-state index contributed by atoms with van der Waals surface area (Å²) < 4.78 is 0. The van der Waals surface area contributed by atoms with Crippen molar-refractivity contribution in [2.45, 2.75) is 17.7 Å². The molecule has 2 rings (SSSR count). The molecule has 1 aromatic carbocycles. The number of nitrogens with two attached hydrogens (primary N) is 1. The van der Waals surface area contributed by atoms with E-state index in [1.54, 1.807) is 24.0 Å². The molecule has 0 fully saturated rings. The Balaban J connectivity index is 2.16. The first-order valence-corrected chi connectivity index (χ1v) is 6.52. The Kier molecular flexibility index (Phi) is 3.85. The Morgan fingerprint density at radius 3 is 2.89 bits per heavy atom. The van der Waals surface area contributed by atoms with Gasteiger partial charge < -0.3 is 5.73 Å². The lowest BCUT2D eigenvalue weighted by Gasteiger charge is -2.06. The van der Waals surface area contributed by atoms with E-state index in [4.69, 9.17) is 11.0 Å². The predicted molar refractivity (Wildman–Crippen MR) is 74.1 cm³/mol. The number of nitrogen functional groups attached to an aromatic ring is 1. The number of thioether (sulfide) groups is 1. The third-order valence-electron chi connectivity index (χ3n) is 2.62. The number of hydrogen-bond acceptors (Lipinski definition) is 4. The normalized spacial score (nSPS) is 10.0. The van der Waals surface area contributed by atoms with Crippen LogP contribution < -0.4 is 5.73 Å². The number of nitrogens with zero attached hydrogens (tertiary/aromatic N) is 2. The molecule has 4 heteroatoms. The lowest BCUT2D eigenvalue weighted by molar-refractivity contribution is 1.11. The molecule has 90 valence electrons. The molecule has 2 N–H and O–H groups in total. The number of nitriles is 1. The van der Waals surface area contributed by atoms with Crippen LogP contribution in [0.15, 0.2) is 41.6 Å². The summed E-state index contributed by atoms with van der Waals surface area (Å²) in [5, 5.41) is 9.77. The van der Waals surface area contributed by atoms with E-state index in [-0.39, 0.29) is 0 Å². The summed E-state index contributed by atoms with van der Waals surface area (Å²) in [6, 6.07) is 12.0. The van der Waals surface area contributed by atoms with Crippen molar-refractivity contribution in [2.24, 2.45) is 0 Å². The lowest BCUT2D eigenvalue weighted by atomic mass is 10.1. The summed E-state index contributed by atoms with van der Waals surface area (Å²) in [6.45, 7) is 2.08. The second-order valence-electron chi connectivity index (χ2n) is 3.95. The molecule has 0 saturated heterocycles. The fraction of sp³-hybridized carbons (Fsp3) is 0.143. The fourth-order valence-corrected chi connectivity index (χ4v) is 2.59. The monoisotopic (exact) mass is 255 g/mol. The average molecular weight is 255 g/mol. The number of aromatic nitrogens is 1. The van der Waals surface area contributed by atoms with Gasteiger partial charge >= 0.3 is 0 Å². The highest BCUT2D eigenvalue weighted by molar-refractivity contribution is 7.98. The molecular weight excluding hydrogens is 242 g/mol. The van der Waals surface area contributed by atoms with Crippen LogP contribution in [0.25, 0.3) is 0 Å². The topological polar surface area (TPSA) is 62.7 Å². The molecule has 0 aliphatic rings. The number of rotatable bonds is 3. The van der Waals surface area contributed by atoms with Gasteiger partial charge in [0.15, 0.2) is 0 Å². The number of anilines is 1. The van der Waals surface area contributed by atoms with Crippen LogP contribution in [0.1, 0.15) is 16.7 Å². The molecule has 0 unspecified atom stereocenters. The molecule has 0 spiro atoms. The number of benzene rings is 1. The standard InChI is InChI=1S/C14H13N3S/c1-10-4-2-3-5-11(10)9-18-14-12(7-15)6-13(16)8-17-14/h2-6,8H,9,16H2,1H3. The first-order chi connectivity index (χ1) is 8.70. The van der Waals surface area contributed by atoms with Crippen LogP contribution in [0.2, 0.25) is 0 Å². The fourth-order valence-electron chi connectivity index (χ4n) is 1.58. The highest BCUT2D eigenvalue weighted by Crippen LogP contribution is 2.26. The maximum Gasteiger partial charge on any atom is 0.114 e. The van der Waals surface area contributed by atoms with Gasteiger partial charge in [0.1, 0.15) is 11.1 Å². The van der Waals surface area contributed by atoms with Crippen LogP contribution in [0.5, 0.6) is 0 Å². The first kappa shape index (κ1) is 12.5. The van der Waals surface area contributed by atoms with Gasteiger partial charge in [0.05, 0.1) is 17.4 Å². The zero-order valence-electron chi connectivity index (χ0n) is 10.1. The van der Waals surface area contributed by atoms with E-state index in [1.807, 2.05) is 12.1 Å². The highest BCUT2D eigenvalue weighted by atomic mass is 32.2. The second-order valence-corrected chi connectivity index (χ2v) is 4.91. The van der Waals surface area contributed by atoms with Crippen molar-refractivity contribution >= 4 is 17.4 Å². The van der Waals surface area contributed by atoms with Crippen molar-refractivity contribution in [1.82, 2.24) is 4.98 Å². The van der Waals surface area contributed by atoms with Gasteiger partial charge in [-0.15, -0.1) is 11.8 Å². The minimum absolute atomic E-state index is 0.520. The summed E-state index contributed by atoms with van der Waals surface area (Å²) >= 11 is 1.56. The average Bonchev–Trinajstić information content (AvgIpc) is 2.39. The Bertz CT molecular complexity index is 602. The summed E-state index contributed by atoms with van der Waals surface area (Å²) in [5.74, 6) is 0.804. The van der Waals surface area contributed by atoms with Gasteiger partial charge in [-0.3, -0.25) is 0 Å². The largest absolute Gasteiger partial charge is 0.397 e. The van der Waals surface area contributed by atoms with Gasteiger partial charge in [0.25, 0.3) is 0 Å². The van der Waals surface area contributed by atoms with Gasteiger partial charge in [-0.05, 0) is 24.1 Å². The molecule has 3 nitrogen and oxygen atoms in total. The van der Waals surface area contributed by atoms with Gasteiger partial charge in [0.2, 0.25) is 0 Å². The van der Waals surface area contributed by atoms with Crippen molar-refractivity contribution in [1.29, 1.82) is 5.26 Å². The number of pyridine rings is 1. The molecule has 0 amide bonds. The number of hydrogen-bond donors (Lipinski definition) is 1. The van der Waals surface area contributed by atoms with Crippen LogP contribution in [0.4, 0.5) is 5.69 Å². The van der Waals surface area contributed by atoms with E-state index in [0.29, 0.717) is 11.3 Å². The molecule has 0 aliphatic heterocycles. The number of aryl methyl sites for hydroxylation is 1. The minimum Gasteiger partial charge on any atom is -0.397 e. The molecule has 0 aliphatic carbocycles. The molecule has 0 bridgehead atoms. The zero-order chi connectivity index (χ0) is 13.0.